The molecule has 1 atom stereocenters. The molecule has 1 aromatic heterocycles. The third-order valence-electron chi connectivity index (χ3n) is 3.45. The molecular weight excluding hydrogens is 312 g/mol. The molecule has 0 aromatic carbocycles. The molecule has 0 aliphatic carbocycles. The predicted octanol–water partition coefficient (Wildman–Crippen LogP) is 0.816. The van der Waals surface area contributed by atoms with Crippen molar-refractivity contribution < 1.29 is 19.6 Å². The standard InChI is InChI=1S/C16H24N4O4/c1-2-3-4-7-13(11-20(24)12-21)16(23)19-18-15(22)10-14-8-5-6-9-17-14/h5-6,8-9,12-13,24H,2-4,7,10-11H2,1H3,(H,18,22)(H,19,23)/t13-/m0/s1. The summed E-state index contributed by atoms with van der Waals surface area (Å²) in [5.74, 6) is -1.44. The summed E-state index contributed by atoms with van der Waals surface area (Å²) in [5.41, 5.74) is 5.25. The topological polar surface area (TPSA) is 112 Å². The van der Waals surface area contributed by atoms with Crippen LogP contribution >= 0.6 is 0 Å². The molecule has 8 heteroatoms. The zero-order valence-electron chi connectivity index (χ0n) is 13.8. The number of unbranched alkanes of at least 4 members (excludes halogenated alkanes) is 2. The Labute approximate surface area is 141 Å². The molecule has 0 spiro atoms. The van der Waals surface area contributed by atoms with Crippen LogP contribution in [0.2, 0.25) is 0 Å². The van der Waals surface area contributed by atoms with Gasteiger partial charge >= 0.3 is 0 Å². The van der Waals surface area contributed by atoms with Crippen molar-refractivity contribution in [3.63, 3.8) is 0 Å². The van der Waals surface area contributed by atoms with Crippen molar-refractivity contribution in [2.45, 2.75) is 39.0 Å². The van der Waals surface area contributed by atoms with E-state index in [1.807, 2.05) is 6.92 Å². The Hall–Kier alpha value is -2.48. The Morgan fingerprint density at radius 2 is 2.12 bits per heavy atom. The van der Waals surface area contributed by atoms with Crippen LogP contribution in [0.3, 0.4) is 0 Å². The largest absolute Gasteiger partial charge is 0.286 e. The number of hydrogen-bond donors (Lipinski definition) is 3. The summed E-state index contributed by atoms with van der Waals surface area (Å²) in [6.45, 7) is 1.92. The Kier molecular flexibility index (Phi) is 9.06. The van der Waals surface area contributed by atoms with Gasteiger partial charge in [-0.25, -0.2) is 5.06 Å². The molecular formula is C16H24N4O4. The quantitative estimate of drug-likeness (QED) is 0.253. The minimum Gasteiger partial charge on any atom is -0.286 e. The van der Waals surface area contributed by atoms with E-state index in [-0.39, 0.29) is 19.4 Å². The average Bonchev–Trinajstić information content (AvgIpc) is 2.59. The maximum Gasteiger partial charge on any atom is 0.244 e. The molecule has 24 heavy (non-hydrogen) atoms. The zero-order valence-corrected chi connectivity index (χ0v) is 13.8. The second-order valence-corrected chi connectivity index (χ2v) is 5.46. The van der Waals surface area contributed by atoms with E-state index in [4.69, 9.17) is 0 Å². The molecule has 0 aliphatic rings. The summed E-state index contributed by atoms with van der Waals surface area (Å²) >= 11 is 0. The minimum atomic E-state index is -0.595. The van der Waals surface area contributed by atoms with Gasteiger partial charge in [0.1, 0.15) is 0 Å². The predicted molar refractivity (Wildman–Crippen MR) is 86.4 cm³/mol. The molecule has 0 radical (unpaired) electrons. The zero-order chi connectivity index (χ0) is 17.8. The number of hydroxylamine groups is 2. The average molecular weight is 336 g/mol. The third-order valence-corrected chi connectivity index (χ3v) is 3.45. The van der Waals surface area contributed by atoms with Crippen LogP contribution in [0.4, 0.5) is 0 Å². The van der Waals surface area contributed by atoms with Gasteiger partial charge in [-0.3, -0.25) is 35.4 Å². The van der Waals surface area contributed by atoms with Crippen molar-refractivity contribution >= 4 is 18.2 Å². The fourth-order valence-electron chi connectivity index (χ4n) is 2.16. The van der Waals surface area contributed by atoms with Gasteiger partial charge in [0.05, 0.1) is 18.9 Å². The van der Waals surface area contributed by atoms with Crippen LogP contribution in [0, 0.1) is 5.92 Å². The Balaban J connectivity index is 2.47. The van der Waals surface area contributed by atoms with Gasteiger partial charge in [0, 0.05) is 11.9 Å². The summed E-state index contributed by atoms with van der Waals surface area (Å²) in [5, 5.41) is 9.73. The van der Waals surface area contributed by atoms with Crippen LogP contribution in [0.15, 0.2) is 24.4 Å². The maximum atomic E-state index is 12.2. The number of pyridine rings is 1. The lowest BCUT2D eigenvalue weighted by atomic mass is 10.0. The number of hydrazine groups is 1. The van der Waals surface area contributed by atoms with Crippen LogP contribution in [0.25, 0.3) is 0 Å². The fraction of sp³-hybridized carbons (Fsp3) is 0.500. The summed E-state index contributed by atoms with van der Waals surface area (Å²) in [6, 6.07) is 5.23. The summed E-state index contributed by atoms with van der Waals surface area (Å²) < 4.78 is 0. The van der Waals surface area contributed by atoms with E-state index in [0.29, 0.717) is 17.2 Å². The van der Waals surface area contributed by atoms with Crippen LogP contribution < -0.4 is 10.9 Å². The van der Waals surface area contributed by atoms with Gasteiger partial charge < -0.3 is 0 Å². The highest BCUT2D eigenvalue weighted by Gasteiger charge is 2.21. The molecule has 0 aliphatic heterocycles. The number of rotatable bonds is 10. The van der Waals surface area contributed by atoms with E-state index >= 15 is 0 Å². The highest BCUT2D eigenvalue weighted by atomic mass is 16.5. The van der Waals surface area contributed by atoms with E-state index < -0.39 is 17.7 Å². The second kappa shape index (κ2) is 11.1. The van der Waals surface area contributed by atoms with Crippen LogP contribution in [0.1, 0.15) is 38.3 Å². The lowest BCUT2D eigenvalue weighted by molar-refractivity contribution is -0.155. The number of carbonyl (C=O) groups is 3. The summed E-state index contributed by atoms with van der Waals surface area (Å²) in [4.78, 5) is 38.5. The molecule has 3 N–H and O–H groups in total. The van der Waals surface area contributed by atoms with Crippen LogP contribution in [-0.4, -0.2) is 40.0 Å². The molecule has 1 heterocycles. The molecule has 0 unspecified atom stereocenters. The lowest BCUT2D eigenvalue weighted by Crippen LogP contribution is -2.47. The monoisotopic (exact) mass is 336 g/mol. The maximum absolute atomic E-state index is 12.2. The van der Waals surface area contributed by atoms with E-state index in [1.54, 1.807) is 24.4 Å². The van der Waals surface area contributed by atoms with Gasteiger partial charge in [-0.2, -0.15) is 0 Å². The van der Waals surface area contributed by atoms with E-state index in [1.165, 1.54) is 0 Å². The number of nitrogens with one attached hydrogen (secondary N) is 2. The molecule has 0 saturated heterocycles. The SMILES string of the molecule is CCCCC[C@@H](CN(O)C=O)C(=O)NNC(=O)Cc1ccccn1. The Bertz CT molecular complexity index is 524. The fourth-order valence-corrected chi connectivity index (χ4v) is 2.16. The second-order valence-electron chi connectivity index (χ2n) is 5.46. The number of carbonyl (C=O) groups excluding carboxylic acids is 3. The van der Waals surface area contributed by atoms with Crippen molar-refractivity contribution in [3.8, 4) is 0 Å². The first-order chi connectivity index (χ1) is 11.6. The molecule has 0 saturated carbocycles. The first-order valence-electron chi connectivity index (χ1n) is 7.96. The van der Waals surface area contributed by atoms with Gasteiger partial charge in [0.25, 0.3) is 0 Å². The van der Waals surface area contributed by atoms with Crippen molar-refractivity contribution in [2.75, 3.05) is 6.54 Å². The van der Waals surface area contributed by atoms with Crippen molar-refractivity contribution in [3.05, 3.63) is 30.1 Å². The van der Waals surface area contributed by atoms with Crippen LogP contribution in [-0.2, 0) is 20.8 Å². The molecule has 132 valence electrons. The molecule has 1 aromatic rings. The molecule has 0 bridgehead atoms. The van der Waals surface area contributed by atoms with Crippen molar-refractivity contribution in [2.24, 2.45) is 5.92 Å². The van der Waals surface area contributed by atoms with Gasteiger partial charge in [0.15, 0.2) is 0 Å². The minimum absolute atomic E-state index is 0.0437. The highest BCUT2D eigenvalue weighted by Crippen LogP contribution is 2.11. The first kappa shape index (κ1) is 19.6. The number of nitrogens with zero attached hydrogens (tertiary/aromatic N) is 2. The molecule has 3 amide bonds. The normalized spacial score (nSPS) is 11.4. The summed E-state index contributed by atoms with van der Waals surface area (Å²) in [6.07, 6.45) is 5.12. The first-order valence-corrected chi connectivity index (χ1v) is 7.96. The molecule has 0 fully saturated rings. The van der Waals surface area contributed by atoms with Gasteiger partial charge in [-0.1, -0.05) is 32.3 Å². The van der Waals surface area contributed by atoms with E-state index in [0.717, 1.165) is 19.3 Å². The van der Waals surface area contributed by atoms with Gasteiger partial charge in [0.2, 0.25) is 18.2 Å². The van der Waals surface area contributed by atoms with E-state index in [2.05, 4.69) is 15.8 Å². The smallest absolute Gasteiger partial charge is 0.244 e. The Morgan fingerprint density at radius 3 is 2.75 bits per heavy atom. The molecule has 8 nitrogen and oxygen atoms in total. The van der Waals surface area contributed by atoms with Gasteiger partial charge in [-0.15, -0.1) is 0 Å². The number of hydrogen-bond acceptors (Lipinski definition) is 5. The third kappa shape index (κ3) is 7.68. The lowest BCUT2D eigenvalue weighted by Gasteiger charge is -2.19. The highest BCUT2D eigenvalue weighted by molar-refractivity contribution is 5.84. The van der Waals surface area contributed by atoms with Crippen molar-refractivity contribution in [1.29, 1.82) is 0 Å². The number of aromatic nitrogens is 1. The van der Waals surface area contributed by atoms with Crippen molar-refractivity contribution in [1.82, 2.24) is 20.9 Å². The molecule has 1 rings (SSSR count). The van der Waals surface area contributed by atoms with Crippen LogP contribution in [0.5, 0.6) is 0 Å². The Morgan fingerprint density at radius 1 is 1.33 bits per heavy atom. The van der Waals surface area contributed by atoms with E-state index in [9.17, 15) is 19.6 Å². The number of amides is 3. The summed E-state index contributed by atoms with van der Waals surface area (Å²) in [7, 11) is 0. The van der Waals surface area contributed by atoms with Gasteiger partial charge in [-0.05, 0) is 18.6 Å².